The zero-order valence-electron chi connectivity index (χ0n) is 17.1. The Morgan fingerprint density at radius 2 is 1.93 bits per heavy atom. The fourth-order valence-corrected chi connectivity index (χ4v) is 2.92. The average molecular weight is 406 g/mol. The van der Waals surface area contributed by atoms with Crippen molar-refractivity contribution in [2.75, 3.05) is 13.7 Å². The molecule has 29 heavy (non-hydrogen) atoms. The highest BCUT2D eigenvalue weighted by atomic mass is 19.1. The molecule has 0 aliphatic heterocycles. The first-order valence-corrected chi connectivity index (χ1v) is 9.42. The SMILES string of the molecule is COc1ccc2ccc(F)c(CCCC(CNC(=O)OC(C)(C)C)C(=O)O)c2n1. The number of hydrogen-bond donors (Lipinski definition) is 2. The van der Waals surface area contributed by atoms with Gasteiger partial charge in [0.2, 0.25) is 5.88 Å². The minimum Gasteiger partial charge on any atom is -0.481 e. The van der Waals surface area contributed by atoms with Crippen LogP contribution in [0, 0.1) is 11.7 Å². The van der Waals surface area contributed by atoms with E-state index in [0.717, 1.165) is 5.39 Å². The third-order valence-corrected chi connectivity index (χ3v) is 4.31. The predicted molar refractivity (Wildman–Crippen MR) is 107 cm³/mol. The van der Waals surface area contributed by atoms with E-state index in [4.69, 9.17) is 9.47 Å². The van der Waals surface area contributed by atoms with Gasteiger partial charge in [0.25, 0.3) is 0 Å². The van der Waals surface area contributed by atoms with Crippen LogP contribution >= 0.6 is 0 Å². The van der Waals surface area contributed by atoms with E-state index in [1.807, 2.05) is 0 Å². The van der Waals surface area contributed by atoms with Crippen molar-refractivity contribution >= 4 is 23.0 Å². The van der Waals surface area contributed by atoms with Gasteiger partial charge in [-0.2, -0.15) is 0 Å². The summed E-state index contributed by atoms with van der Waals surface area (Å²) in [7, 11) is 1.49. The fraction of sp³-hybridized carbons (Fsp3) is 0.476. The van der Waals surface area contributed by atoms with Crippen molar-refractivity contribution in [3.8, 4) is 5.88 Å². The van der Waals surface area contributed by atoms with Gasteiger partial charge in [0.1, 0.15) is 11.4 Å². The number of aryl methyl sites for hydroxylation is 1. The largest absolute Gasteiger partial charge is 0.481 e. The number of pyridine rings is 1. The molecule has 0 bridgehead atoms. The number of alkyl carbamates (subject to hydrolysis) is 1. The van der Waals surface area contributed by atoms with Crippen molar-refractivity contribution in [1.29, 1.82) is 0 Å². The van der Waals surface area contributed by atoms with E-state index in [1.165, 1.54) is 13.2 Å². The molecule has 2 N–H and O–H groups in total. The van der Waals surface area contributed by atoms with E-state index < -0.39 is 29.4 Å². The molecule has 0 radical (unpaired) electrons. The minimum atomic E-state index is -1.03. The van der Waals surface area contributed by atoms with Gasteiger partial charge in [0.05, 0.1) is 18.5 Å². The zero-order valence-corrected chi connectivity index (χ0v) is 17.1. The van der Waals surface area contributed by atoms with Crippen LogP contribution in [-0.2, 0) is 16.0 Å². The Morgan fingerprint density at radius 1 is 1.24 bits per heavy atom. The normalized spacial score (nSPS) is 12.4. The molecule has 2 aromatic rings. The van der Waals surface area contributed by atoms with Crippen molar-refractivity contribution in [3.63, 3.8) is 0 Å². The highest BCUT2D eigenvalue weighted by Gasteiger charge is 2.21. The van der Waals surface area contributed by atoms with E-state index >= 15 is 0 Å². The lowest BCUT2D eigenvalue weighted by molar-refractivity contribution is -0.141. The van der Waals surface area contributed by atoms with Crippen LogP contribution in [0.2, 0.25) is 0 Å². The van der Waals surface area contributed by atoms with Gasteiger partial charge in [0, 0.05) is 23.6 Å². The summed E-state index contributed by atoms with van der Waals surface area (Å²) >= 11 is 0. The van der Waals surface area contributed by atoms with Crippen LogP contribution in [0.4, 0.5) is 9.18 Å². The first-order valence-electron chi connectivity index (χ1n) is 9.42. The second-order valence-corrected chi connectivity index (χ2v) is 7.76. The van der Waals surface area contributed by atoms with Crippen LogP contribution in [-0.4, -0.2) is 41.4 Å². The number of carboxylic acids is 1. The maximum atomic E-state index is 14.4. The van der Waals surface area contributed by atoms with E-state index in [-0.39, 0.29) is 13.0 Å². The molecule has 0 aliphatic carbocycles. The number of carboxylic acid groups (broad SMARTS) is 1. The highest BCUT2D eigenvalue weighted by Crippen LogP contribution is 2.25. The number of rotatable bonds is 8. The standard InChI is InChI=1S/C21H27FN2O5/c1-21(2,3)29-20(27)23-12-14(19(25)26)6-5-7-15-16(22)10-8-13-9-11-17(28-4)24-18(13)15/h8-11,14H,5-7,12H2,1-4H3,(H,23,27)(H,25,26). The summed E-state index contributed by atoms with van der Waals surface area (Å²) in [5, 5.41) is 12.7. The fourth-order valence-electron chi connectivity index (χ4n) is 2.92. The number of methoxy groups -OCH3 is 1. The van der Waals surface area contributed by atoms with Crippen molar-refractivity contribution < 1.29 is 28.6 Å². The molecule has 0 spiro atoms. The second-order valence-electron chi connectivity index (χ2n) is 7.76. The number of benzene rings is 1. The van der Waals surface area contributed by atoms with Gasteiger partial charge in [-0.15, -0.1) is 0 Å². The number of nitrogens with zero attached hydrogens (tertiary/aromatic N) is 1. The van der Waals surface area contributed by atoms with Crippen molar-refractivity contribution in [3.05, 3.63) is 35.6 Å². The van der Waals surface area contributed by atoms with Gasteiger partial charge in [-0.05, 0) is 58.2 Å². The van der Waals surface area contributed by atoms with E-state index in [1.54, 1.807) is 39.0 Å². The third kappa shape index (κ3) is 6.58. The molecular formula is C21H27FN2O5. The van der Waals surface area contributed by atoms with Crippen LogP contribution in [0.3, 0.4) is 0 Å². The Labute approximate surface area is 169 Å². The van der Waals surface area contributed by atoms with Gasteiger partial charge in [-0.3, -0.25) is 4.79 Å². The molecule has 7 nitrogen and oxygen atoms in total. The summed E-state index contributed by atoms with van der Waals surface area (Å²) in [5.74, 6) is -1.84. The van der Waals surface area contributed by atoms with Crippen molar-refractivity contribution in [2.24, 2.45) is 5.92 Å². The molecule has 0 fully saturated rings. The zero-order chi connectivity index (χ0) is 21.6. The molecule has 8 heteroatoms. The Bertz CT molecular complexity index is 879. The van der Waals surface area contributed by atoms with Gasteiger partial charge in [-0.25, -0.2) is 14.2 Å². The summed E-state index contributed by atoms with van der Waals surface area (Å²) in [5.41, 5.74) is 0.261. The van der Waals surface area contributed by atoms with Crippen LogP contribution in [0.25, 0.3) is 10.9 Å². The number of aromatic nitrogens is 1. The Morgan fingerprint density at radius 3 is 2.55 bits per heavy atom. The quantitative estimate of drug-likeness (QED) is 0.689. The molecule has 0 saturated heterocycles. The Hall–Kier alpha value is -2.90. The van der Waals surface area contributed by atoms with Gasteiger partial charge in [0.15, 0.2) is 0 Å². The highest BCUT2D eigenvalue weighted by molar-refractivity contribution is 5.82. The number of halogens is 1. The molecule has 1 heterocycles. The molecule has 0 saturated carbocycles. The number of hydrogen-bond acceptors (Lipinski definition) is 5. The summed E-state index contributed by atoms with van der Waals surface area (Å²) in [6.07, 6.45) is 0.340. The number of amides is 1. The number of carbonyl (C=O) groups is 2. The molecule has 0 aliphatic rings. The van der Waals surface area contributed by atoms with Crippen LogP contribution in [0.1, 0.15) is 39.2 Å². The monoisotopic (exact) mass is 406 g/mol. The number of nitrogens with one attached hydrogen (secondary N) is 1. The van der Waals surface area contributed by atoms with E-state index in [2.05, 4.69) is 10.3 Å². The number of fused-ring (bicyclic) bond motifs is 1. The summed E-state index contributed by atoms with van der Waals surface area (Å²) < 4.78 is 24.6. The first kappa shape index (κ1) is 22.4. The van der Waals surface area contributed by atoms with Gasteiger partial charge in [-0.1, -0.05) is 0 Å². The van der Waals surface area contributed by atoms with Crippen molar-refractivity contribution in [1.82, 2.24) is 10.3 Å². The molecule has 1 unspecified atom stereocenters. The van der Waals surface area contributed by atoms with Gasteiger partial charge < -0.3 is 19.9 Å². The lowest BCUT2D eigenvalue weighted by Crippen LogP contribution is -2.37. The first-order chi connectivity index (χ1) is 13.6. The number of aliphatic carboxylic acids is 1. The van der Waals surface area contributed by atoms with Crippen LogP contribution < -0.4 is 10.1 Å². The number of ether oxygens (including phenoxy) is 2. The van der Waals surface area contributed by atoms with Crippen LogP contribution in [0.5, 0.6) is 5.88 Å². The average Bonchev–Trinajstić information content (AvgIpc) is 2.63. The minimum absolute atomic E-state index is 0.0612. The molecule has 1 aromatic heterocycles. The Kier molecular flexibility index (Phi) is 7.36. The molecular weight excluding hydrogens is 379 g/mol. The molecule has 1 atom stereocenters. The van der Waals surface area contributed by atoms with Crippen LogP contribution in [0.15, 0.2) is 24.3 Å². The predicted octanol–water partition coefficient (Wildman–Crippen LogP) is 3.93. The molecule has 2 rings (SSSR count). The summed E-state index contributed by atoms with van der Waals surface area (Å²) in [4.78, 5) is 27.6. The van der Waals surface area contributed by atoms with E-state index in [9.17, 15) is 19.1 Å². The van der Waals surface area contributed by atoms with E-state index in [0.29, 0.717) is 29.8 Å². The Balaban J connectivity index is 2.02. The van der Waals surface area contributed by atoms with Crippen molar-refractivity contribution in [2.45, 2.75) is 45.6 Å². The third-order valence-electron chi connectivity index (χ3n) is 4.31. The summed E-state index contributed by atoms with van der Waals surface area (Å²) in [6.45, 7) is 5.11. The lowest BCUT2D eigenvalue weighted by atomic mass is 9.98. The lowest BCUT2D eigenvalue weighted by Gasteiger charge is -2.21. The molecule has 1 amide bonds. The maximum Gasteiger partial charge on any atom is 0.407 e. The number of carbonyl (C=O) groups excluding carboxylic acids is 1. The second kappa shape index (κ2) is 9.54. The molecule has 158 valence electrons. The topological polar surface area (TPSA) is 97.8 Å². The molecule has 1 aromatic carbocycles. The summed E-state index contributed by atoms with van der Waals surface area (Å²) in [6, 6.07) is 6.53. The van der Waals surface area contributed by atoms with Gasteiger partial charge >= 0.3 is 12.1 Å². The maximum absolute atomic E-state index is 14.4. The smallest absolute Gasteiger partial charge is 0.407 e.